The van der Waals surface area contributed by atoms with Crippen molar-refractivity contribution in [3.8, 4) is 0 Å². The second-order valence-corrected chi connectivity index (χ2v) is 9.95. The number of nitrogens with zero attached hydrogens (tertiary/aromatic N) is 1. The van der Waals surface area contributed by atoms with Crippen molar-refractivity contribution in [2.24, 2.45) is 0 Å². The number of rotatable bonds is 7. The fraction of sp³-hybridized carbons (Fsp3) is 0.188. The number of furan rings is 1. The Balaban J connectivity index is 1.38. The van der Waals surface area contributed by atoms with E-state index in [1.54, 1.807) is 25.1 Å². The van der Waals surface area contributed by atoms with Crippen molar-refractivity contribution in [1.29, 1.82) is 0 Å². The van der Waals surface area contributed by atoms with E-state index in [0.717, 1.165) is 27.6 Å². The number of amides is 1. The van der Waals surface area contributed by atoms with Crippen LogP contribution in [0.1, 0.15) is 52.1 Å². The van der Waals surface area contributed by atoms with Crippen LogP contribution in [-0.4, -0.2) is 11.0 Å². The number of aliphatic hydroxyl groups is 1. The van der Waals surface area contributed by atoms with Gasteiger partial charge in [-0.15, -0.1) is 0 Å². The highest BCUT2D eigenvalue weighted by Crippen LogP contribution is 2.33. The number of carbonyl (C=O) groups excluding carboxylic acids is 1. The topological polar surface area (TPSA) is 89.4 Å². The van der Waals surface area contributed by atoms with Crippen molar-refractivity contribution >= 4 is 16.9 Å². The lowest BCUT2D eigenvalue weighted by Gasteiger charge is -2.22. The highest BCUT2D eigenvalue weighted by molar-refractivity contribution is 5.83. The molecule has 0 saturated heterocycles. The van der Waals surface area contributed by atoms with E-state index in [2.05, 4.69) is 37.4 Å². The Morgan fingerprint density at radius 3 is 2.45 bits per heavy atom. The fourth-order valence-electron chi connectivity index (χ4n) is 4.86. The van der Waals surface area contributed by atoms with Crippen molar-refractivity contribution in [2.45, 2.75) is 38.8 Å². The van der Waals surface area contributed by atoms with Crippen molar-refractivity contribution in [1.82, 2.24) is 5.32 Å². The van der Waals surface area contributed by atoms with Crippen LogP contribution in [0.3, 0.4) is 0 Å². The van der Waals surface area contributed by atoms with Crippen LogP contribution in [0.15, 0.2) is 102 Å². The molecular weight excluding hydrogens is 476 g/mol. The van der Waals surface area contributed by atoms with Gasteiger partial charge in [0.2, 0.25) is 5.91 Å². The molecule has 0 radical (unpaired) electrons. The van der Waals surface area contributed by atoms with E-state index in [9.17, 15) is 15.1 Å². The summed E-state index contributed by atoms with van der Waals surface area (Å²) in [7, 11) is 0. The first kappa shape index (κ1) is 25.2. The lowest BCUT2D eigenvalue weighted by atomic mass is 9.93. The standard InChI is InChI=1S/C32H30N2O4/c1-21-9-11-27(22(2)17-21)31(24-7-5-4-6-8-24)33-30(35)19-23-10-12-28-25(18-23)20-29(38-28)32(3,36)26-13-15-34(37)16-14-26/h4-18,20,31,36H,19H2,1-3H3,(H,33,35)/t31-,32?/m0/s1. The zero-order chi connectivity index (χ0) is 26.9. The first-order valence-electron chi connectivity index (χ1n) is 12.6. The van der Waals surface area contributed by atoms with Crippen LogP contribution in [0.2, 0.25) is 0 Å². The molecule has 0 fully saturated rings. The van der Waals surface area contributed by atoms with Crippen molar-refractivity contribution < 1.29 is 19.0 Å². The Morgan fingerprint density at radius 2 is 1.74 bits per heavy atom. The van der Waals surface area contributed by atoms with Crippen molar-refractivity contribution in [3.63, 3.8) is 0 Å². The lowest BCUT2D eigenvalue weighted by molar-refractivity contribution is -0.605. The van der Waals surface area contributed by atoms with Crippen LogP contribution in [0.25, 0.3) is 11.0 Å². The molecule has 0 aliphatic heterocycles. The van der Waals surface area contributed by atoms with E-state index in [4.69, 9.17) is 4.42 Å². The molecule has 0 spiro atoms. The Labute approximate surface area is 221 Å². The second-order valence-electron chi connectivity index (χ2n) is 9.95. The van der Waals surface area contributed by atoms with E-state index in [-0.39, 0.29) is 18.4 Å². The summed E-state index contributed by atoms with van der Waals surface area (Å²) in [5.41, 5.74) is 4.96. The summed E-state index contributed by atoms with van der Waals surface area (Å²) in [5.74, 6) is 0.265. The minimum absolute atomic E-state index is 0.0934. The van der Waals surface area contributed by atoms with Gasteiger partial charge in [0.05, 0.1) is 12.5 Å². The molecule has 0 aliphatic carbocycles. The summed E-state index contributed by atoms with van der Waals surface area (Å²) in [4.78, 5) is 13.3. The van der Waals surface area contributed by atoms with Gasteiger partial charge in [0.25, 0.3) is 0 Å². The predicted octanol–water partition coefficient (Wildman–Crippen LogP) is 5.39. The Kier molecular flexibility index (Phi) is 6.74. The average Bonchev–Trinajstić information content (AvgIpc) is 3.33. The zero-order valence-electron chi connectivity index (χ0n) is 21.6. The lowest BCUT2D eigenvalue weighted by Crippen LogP contribution is -2.31. The van der Waals surface area contributed by atoms with Crippen LogP contribution in [-0.2, 0) is 16.8 Å². The zero-order valence-corrected chi connectivity index (χ0v) is 21.6. The van der Waals surface area contributed by atoms with Crippen LogP contribution in [0, 0.1) is 19.1 Å². The molecule has 38 heavy (non-hydrogen) atoms. The molecule has 1 amide bonds. The molecule has 2 heterocycles. The molecule has 0 saturated carbocycles. The fourth-order valence-corrected chi connectivity index (χ4v) is 4.86. The van der Waals surface area contributed by atoms with Gasteiger partial charge >= 0.3 is 0 Å². The van der Waals surface area contributed by atoms with Crippen molar-refractivity contribution in [2.75, 3.05) is 0 Å². The molecule has 3 aromatic carbocycles. The summed E-state index contributed by atoms with van der Waals surface area (Å²) in [6.07, 6.45) is 2.87. The van der Waals surface area contributed by atoms with Gasteiger partial charge in [0.1, 0.15) is 16.9 Å². The normalized spacial score (nSPS) is 13.7. The maximum absolute atomic E-state index is 13.3. The Morgan fingerprint density at radius 1 is 1.00 bits per heavy atom. The van der Waals surface area contributed by atoms with E-state index < -0.39 is 5.60 Å². The maximum atomic E-state index is 13.3. The minimum atomic E-state index is -1.42. The Hall–Kier alpha value is -4.42. The van der Waals surface area contributed by atoms with E-state index in [1.165, 1.54) is 18.0 Å². The molecule has 2 atom stereocenters. The van der Waals surface area contributed by atoms with Gasteiger partial charge in [-0.05, 0) is 61.2 Å². The van der Waals surface area contributed by atoms with Crippen LogP contribution < -0.4 is 10.0 Å². The number of aryl methyl sites for hydroxylation is 2. The summed E-state index contributed by atoms with van der Waals surface area (Å²) < 4.78 is 6.61. The van der Waals surface area contributed by atoms with Crippen LogP contribution >= 0.6 is 0 Å². The molecule has 1 unspecified atom stereocenters. The molecule has 6 nitrogen and oxygen atoms in total. The molecule has 5 aromatic rings. The monoisotopic (exact) mass is 506 g/mol. The average molecular weight is 507 g/mol. The second kappa shape index (κ2) is 10.1. The summed E-state index contributed by atoms with van der Waals surface area (Å²) in [5, 5.41) is 26.6. The van der Waals surface area contributed by atoms with Gasteiger partial charge < -0.3 is 20.0 Å². The molecule has 2 aromatic heterocycles. The van der Waals surface area contributed by atoms with Gasteiger partial charge in [-0.3, -0.25) is 4.79 Å². The van der Waals surface area contributed by atoms with Crippen LogP contribution in [0.4, 0.5) is 0 Å². The van der Waals surface area contributed by atoms with Gasteiger partial charge in [-0.2, -0.15) is 4.73 Å². The first-order chi connectivity index (χ1) is 18.2. The molecule has 2 N–H and O–H groups in total. The number of carbonyl (C=O) groups is 1. The molecule has 5 rings (SSSR count). The quantitative estimate of drug-likeness (QED) is 0.229. The third-order valence-corrected chi connectivity index (χ3v) is 6.96. The summed E-state index contributed by atoms with van der Waals surface area (Å²) in [6, 6.07) is 26.5. The largest absolute Gasteiger partial charge is 0.619 e. The number of aromatic nitrogens is 1. The van der Waals surface area contributed by atoms with E-state index in [0.29, 0.717) is 21.6 Å². The third-order valence-electron chi connectivity index (χ3n) is 6.96. The molecule has 0 aliphatic rings. The van der Waals surface area contributed by atoms with Gasteiger partial charge in [0.15, 0.2) is 12.4 Å². The molecule has 6 heteroatoms. The molecular formula is C32H30N2O4. The van der Waals surface area contributed by atoms with Crippen LogP contribution in [0.5, 0.6) is 0 Å². The molecule has 192 valence electrons. The number of benzene rings is 3. The number of hydrogen-bond donors (Lipinski definition) is 2. The number of pyridine rings is 1. The summed E-state index contributed by atoms with van der Waals surface area (Å²) in [6.45, 7) is 5.75. The Bertz CT molecular complexity index is 1590. The smallest absolute Gasteiger partial charge is 0.225 e. The predicted molar refractivity (Wildman–Crippen MR) is 146 cm³/mol. The third kappa shape index (κ3) is 5.17. The highest BCUT2D eigenvalue weighted by atomic mass is 16.5. The molecule has 0 bridgehead atoms. The SMILES string of the molecule is Cc1ccc([C@@H](NC(=O)Cc2ccc3oc(C(C)(O)c4cc[n+]([O-])cc4)cc3c2)c2ccccc2)c(C)c1. The maximum Gasteiger partial charge on any atom is 0.225 e. The number of hydrogen-bond acceptors (Lipinski definition) is 4. The first-order valence-corrected chi connectivity index (χ1v) is 12.6. The van der Waals surface area contributed by atoms with Crippen molar-refractivity contribution in [3.05, 3.63) is 142 Å². The van der Waals surface area contributed by atoms with E-state index in [1.807, 2.05) is 48.5 Å². The highest BCUT2D eigenvalue weighted by Gasteiger charge is 2.30. The minimum Gasteiger partial charge on any atom is -0.619 e. The van der Waals surface area contributed by atoms with E-state index >= 15 is 0 Å². The summed E-state index contributed by atoms with van der Waals surface area (Å²) >= 11 is 0. The van der Waals surface area contributed by atoms with Gasteiger partial charge in [-0.1, -0.05) is 60.2 Å². The van der Waals surface area contributed by atoms with Gasteiger partial charge in [-0.25, -0.2) is 0 Å². The van der Waals surface area contributed by atoms with Gasteiger partial charge in [0, 0.05) is 23.1 Å². The number of fused-ring (bicyclic) bond motifs is 1. The number of nitrogens with one attached hydrogen (secondary N) is 1.